The molecule has 0 amide bonds. The Balaban J connectivity index is 0.00000121. The SMILES string of the molecule is CC.Cc1cc(C(I)CC(C)(C)C)ccc1O. The van der Waals surface area contributed by atoms with Crippen LogP contribution in [0, 0.1) is 12.3 Å². The molecule has 1 atom stereocenters. The Labute approximate surface area is 120 Å². The maximum atomic E-state index is 9.46. The number of aryl methyl sites for hydroxylation is 1. The summed E-state index contributed by atoms with van der Waals surface area (Å²) in [4.78, 5) is 0. The predicted octanol–water partition coefficient (Wildman–Crippen LogP) is 5.64. The van der Waals surface area contributed by atoms with E-state index in [0.29, 0.717) is 15.1 Å². The van der Waals surface area contributed by atoms with E-state index in [4.69, 9.17) is 0 Å². The van der Waals surface area contributed by atoms with Crippen molar-refractivity contribution in [1.82, 2.24) is 0 Å². The van der Waals surface area contributed by atoms with Gasteiger partial charge in [-0.1, -0.05) is 69.3 Å². The number of hydrogen-bond acceptors (Lipinski definition) is 1. The van der Waals surface area contributed by atoms with Crippen LogP contribution in [0.4, 0.5) is 0 Å². The molecule has 0 fully saturated rings. The van der Waals surface area contributed by atoms with Crippen molar-refractivity contribution in [3.05, 3.63) is 29.3 Å². The van der Waals surface area contributed by atoms with Gasteiger partial charge in [0.05, 0.1) is 0 Å². The zero-order valence-corrected chi connectivity index (χ0v) is 14.0. The van der Waals surface area contributed by atoms with Crippen molar-refractivity contribution in [2.24, 2.45) is 5.41 Å². The molecule has 1 unspecified atom stereocenters. The summed E-state index contributed by atoms with van der Waals surface area (Å²) >= 11 is 2.48. The Kier molecular flexibility index (Phi) is 7.14. The number of rotatable bonds is 2. The third-order valence-corrected chi connectivity index (χ3v) is 3.53. The second kappa shape index (κ2) is 7.24. The average molecular weight is 348 g/mol. The van der Waals surface area contributed by atoms with Gasteiger partial charge in [0.15, 0.2) is 0 Å². The van der Waals surface area contributed by atoms with Gasteiger partial charge < -0.3 is 5.11 Å². The van der Waals surface area contributed by atoms with E-state index in [1.807, 2.05) is 26.8 Å². The molecular weight excluding hydrogens is 323 g/mol. The maximum absolute atomic E-state index is 9.46. The lowest BCUT2D eigenvalue weighted by molar-refractivity contribution is 0.379. The van der Waals surface area contributed by atoms with Crippen LogP contribution in [-0.2, 0) is 0 Å². The van der Waals surface area contributed by atoms with Crippen LogP contribution in [0.1, 0.15) is 56.1 Å². The predicted molar refractivity (Wildman–Crippen MR) is 85.0 cm³/mol. The van der Waals surface area contributed by atoms with Crippen LogP contribution in [-0.4, -0.2) is 5.11 Å². The second-order valence-corrected chi connectivity index (χ2v) is 6.78. The Hall–Kier alpha value is -0.250. The first kappa shape index (κ1) is 16.8. The van der Waals surface area contributed by atoms with Crippen LogP contribution >= 0.6 is 22.6 Å². The van der Waals surface area contributed by atoms with Gasteiger partial charge in [0, 0.05) is 3.92 Å². The highest BCUT2D eigenvalue weighted by Gasteiger charge is 2.18. The topological polar surface area (TPSA) is 20.2 Å². The number of phenolic OH excluding ortho intramolecular Hbond substituents is 1. The van der Waals surface area contributed by atoms with Gasteiger partial charge in [-0.15, -0.1) is 0 Å². The van der Waals surface area contributed by atoms with E-state index >= 15 is 0 Å². The Bertz CT molecular complexity index is 339. The van der Waals surface area contributed by atoms with E-state index < -0.39 is 0 Å². The lowest BCUT2D eigenvalue weighted by Gasteiger charge is -2.22. The summed E-state index contributed by atoms with van der Waals surface area (Å²) < 4.78 is 0.516. The molecule has 1 aromatic carbocycles. The molecule has 0 spiro atoms. The molecule has 1 aromatic rings. The number of halogens is 1. The molecule has 2 heteroatoms. The van der Waals surface area contributed by atoms with Crippen LogP contribution in [0.25, 0.3) is 0 Å². The molecule has 0 aliphatic heterocycles. The number of phenols is 1. The fourth-order valence-corrected chi connectivity index (χ4v) is 3.24. The quantitative estimate of drug-likeness (QED) is 0.542. The molecule has 1 N–H and O–H groups in total. The van der Waals surface area contributed by atoms with Crippen LogP contribution in [0.5, 0.6) is 5.75 Å². The van der Waals surface area contributed by atoms with Gasteiger partial charge in [0.1, 0.15) is 5.75 Å². The van der Waals surface area contributed by atoms with Gasteiger partial charge in [0.25, 0.3) is 0 Å². The van der Waals surface area contributed by atoms with Gasteiger partial charge >= 0.3 is 0 Å². The van der Waals surface area contributed by atoms with Crippen molar-refractivity contribution in [3.63, 3.8) is 0 Å². The average Bonchev–Trinajstić information content (AvgIpc) is 2.22. The van der Waals surface area contributed by atoms with Crippen LogP contribution in [0.2, 0.25) is 0 Å². The smallest absolute Gasteiger partial charge is 0.118 e. The van der Waals surface area contributed by atoms with E-state index in [-0.39, 0.29) is 0 Å². The normalized spacial score (nSPS) is 12.6. The monoisotopic (exact) mass is 348 g/mol. The molecule has 1 nitrogen and oxygen atoms in total. The highest BCUT2D eigenvalue weighted by atomic mass is 127. The number of benzene rings is 1. The second-order valence-electron chi connectivity index (χ2n) is 5.28. The van der Waals surface area contributed by atoms with Gasteiger partial charge in [-0.2, -0.15) is 0 Å². The van der Waals surface area contributed by atoms with Crippen molar-refractivity contribution in [1.29, 1.82) is 0 Å². The van der Waals surface area contributed by atoms with Gasteiger partial charge in [-0.05, 0) is 36.0 Å². The summed E-state index contributed by atoms with van der Waals surface area (Å²) in [5.41, 5.74) is 2.61. The first-order valence-electron chi connectivity index (χ1n) is 6.23. The molecule has 0 saturated heterocycles. The lowest BCUT2D eigenvalue weighted by Crippen LogP contribution is -2.08. The van der Waals surface area contributed by atoms with E-state index in [1.165, 1.54) is 5.56 Å². The molecular formula is C15H25IO. The maximum Gasteiger partial charge on any atom is 0.118 e. The van der Waals surface area contributed by atoms with Crippen molar-refractivity contribution >= 4 is 22.6 Å². The largest absolute Gasteiger partial charge is 0.508 e. The Morgan fingerprint density at radius 2 is 1.76 bits per heavy atom. The minimum Gasteiger partial charge on any atom is -0.508 e. The molecule has 0 aliphatic rings. The summed E-state index contributed by atoms with van der Waals surface area (Å²) in [7, 11) is 0. The molecule has 17 heavy (non-hydrogen) atoms. The van der Waals surface area contributed by atoms with Gasteiger partial charge in [-0.25, -0.2) is 0 Å². The van der Waals surface area contributed by atoms with Gasteiger partial charge in [0.2, 0.25) is 0 Å². The highest BCUT2D eigenvalue weighted by molar-refractivity contribution is 14.1. The first-order chi connectivity index (χ1) is 7.79. The van der Waals surface area contributed by atoms with E-state index in [1.54, 1.807) is 6.07 Å². The zero-order chi connectivity index (χ0) is 13.6. The zero-order valence-electron chi connectivity index (χ0n) is 11.8. The van der Waals surface area contributed by atoms with Crippen molar-refractivity contribution < 1.29 is 5.11 Å². The van der Waals surface area contributed by atoms with Gasteiger partial charge in [-0.3, -0.25) is 0 Å². The van der Waals surface area contributed by atoms with Crippen molar-refractivity contribution in [2.75, 3.05) is 0 Å². The molecule has 0 heterocycles. The highest BCUT2D eigenvalue weighted by Crippen LogP contribution is 2.37. The van der Waals surface area contributed by atoms with Crippen LogP contribution in [0.15, 0.2) is 18.2 Å². The summed E-state index contributed by atoms with van der Waals surface area (Å²) in [5.74, 6) is 0.387. The van der Waals surface area contributed by atoms with Crippen molar-refractivity contribution in [2.45, 2.75) is 51.9 Å². The Morgan fingerprint density at radius 1 is 1.24 bits per heavy atom. The standard InChI is InChI=1S/C13H19IO.C2H6/c1-9-7-10(5-6-12(9)15)11(14)8-13(2,3)4;1-2/h5-7,11,15H,8H2,1-4H3;1-2H3. The summed E-state index contributed by atoms with van der Waals surface area (Å²) in [6, 6.07) is 5.89. The fourth-order valence-electron chi connectivity index (χ4n) is 1.53. The number of alkyl halides is 1. The molecule has 0 saturated carbocycles. The van der Waals surface area contributed by atoms with Crippen molar-refractivity contribution in [3.8, 4) is 5.75 Å². The molecule has 0 aliphatic carbocycles. The first-order valence-corrected chi connectivity index (χ1v) is 7.48. The summed E-state index contributed by atoms with van der Waals surface area (Å²) in [6.45, 7) is 12.7. The van der Waals surface area contributed by atoms with E-state index in [2.05, 4.69) is 49.4 Å². The van der Waals surface area contributed by atoms with Crippen LogP contribution < -0.4 is 0 Å². The summed E-state index contributed by atoms with van der Waals surface area (Å²) in [5, 5.41) is 9.46. The fraction of sp³-hybridized carbons (Fsp3) is 0.600. The lowest BCUT2D eigenvalue weighted by atomic mass is 9.88. The molecule has 0 bridgehead atoms. The van der Waals surface area contributed by atoms with E-state index in [9.17, 15) is 5.11 Å². The van der Waals surface area contributed by atoms with Crippen LogP contribution in [0.3, 0.4) is 0 Å². The third-order valence-electron chi connectivity index (χ3n) is 2.37. The molecule has 0 aromatic heterocycles. The molecule has 0 radical (unpaired) electrons. The third kappa shape index (κ3) is 6.29. The summed E-state index contributed by atoms with van der Waals surface area (Å²) in [6.07, 6.45) is 1.15. The Morgan fingerprint density at radius 3 is 2.18 bits per heavy atom. The molecule has 98 valence electrons. The number of hydrogen-bond donors (Lipinski definition) is 1. The minimum absolute atomic E-state index is 0.345. The number of aromatic hydroxyl groups is 1. The van der Waals surface area contributed by atoms with E-state index in [0.717, 1.165) is 12.0 Å². The molecule has 1 rings (SSSR count). The minimum atomic E-state index is 0.345.